The summed E-state index contributed by atoms with van der Waals surface area (Å²) in [6.45, 7) is 5.45. The normalized spacial score (nSPS) is 26.7. The summed E-state index contributed by atoms with van der Waals surface area (Å²) in [6.07, 6.45) is 1.99. The van der Waals surface area contributed by atoms with Crippen LogP contribution in [-0.4, -0.2) is 28.9 Å². The van der Waals surface area contributed by atoms with Crippen molar-refractivity contribution < 1.29 is 9.26 Å². The first-order valence-electron chi connectivity index (χ1n) is 4.90. The molecule has 1 aromatic heterocycles. The van der Waals surface area contributed by atoms with Gasteiger partial charge in [-0.25, -0.2) is 0 Å². The summed E-state index contributed by atoms with van der Waals surface area (Å²) in [5.74, 6) is 0.651. The molecule has 0 bridgehead atoms. The van der Waals surface area contributed by atoms with Gasteiger partial charge < -0.3 is 14.6 Å². The van der Waals surface area contributed by atoms with E-state index in [9.17, 15) is 0 Å². The summed E-state index contributed by atoms with van der Waals surface area (Å²) < 4.78 is 10.4. The zero-order valence-corrected chi connectivity index (χ0v) is 8.54. The summed E-state index contributed by atoms with van der Waals surface area (Å²) >= 11 is 0. The second-order valence-electron chi connectivity index (χ2n) is 3.71. The number of nitrogens with one attached hydrogen (secondary N) is 1. The van der Waals surface area contributed by atoms with E-state index in [0.717, 1.165) is 19.4 Å². The van der Waals surface area contributed by atoms with Crippen molar-refractivity contribution in [3.63, 3.8) is 0 Å². The van der Waals surface area contributed by atoms with Crippen molar-refractivity contribution in [1.29, 1.82) is 0 Å². The Morgan fingerprint density at radius 1 is 1.57 bits per heavy atom. The second-order valence-corrected chi connectivity index (χ2v) is 3.71. The van der Waals surface area contributed by atoms with Crippen molar-refractivity contribution in [1.82, 2.24) is 10.1 Å². The van der Waals surface area contributed by atoms with E-state index < -0.39 is 0 Å². The Morgan fingerprint density at radius 2 is 2.43 bits per heavy atom. The first kappa shape index (κ1) is 9.45. The molecule has 1 atom stereocenters. The molecule has 5 heteroatoms. The molecule has 0 radical (unpaired) electrons. The Morgan fingerprint density at radius 3 is 2.93 bits per heavy atom. The molecule has 0 amide bonds. The van der Waals surface area contributed by atoms with Gasteiger partial charge in [-0.3, -0.25) is 0 Å². The molecule has 1 aliphatic heterocycles. The minimum atomic E-state index is -0.0149. The monoisotopic (exact) mass is 197 g/mol. The first-order chi connectivity index (χ1) is 6.74. The van der Waals surface area contributed by atoms with Gasteiger partial charge in [0, 0.05) is 6.61 Å². The minimum absolute atomic E-state index is 0.0149. The molecule has 1 N–H and O–H groups in total. The molecule has 0 aliphatic carbocycles. The van der Waals surface area contributed by atoms with Crippen LogP contribution in [-0.2, 0) is 4.74 Å². The Kier molecular flexibility index (Phi) is 2.41. The molecular weight excluding hydrogens is 182 g/mol. The molecule has 14 heavy (non-hydrogen) atoms. The maximum Gasteiger partial charge on any atom is 0.321 e. The van der Waals surface area contributed by atoms with Gasteiger partial charge in [0.05, 0.1) is 12.1 Å². The summed E-state index contributed by atoms with van der Waals surface area (Å²) in [5, 5.41) is 6.99. The fraction of sp³-hybridized carbons (Fsp3) is 0.778. The maximum atomic E-state index is 5.38. The summed E-state index contributed by atoms with van der Waals surface area (Å²) in [7, 11) is 0. The van der Waals surface area contributed by atoms with Crippen LogP contribution in [0.15, 0.2) is 4.52 Å². The molecule has 1 saturated heterocycles. The van der Waals surface area contributed by atoms with Crippen LogP contribution >= 0.6 is 0 Å². The van der Waals surface area contributed by atoms with E-state index in [1.807, 2.05) is 0 Å². The van der Waals surface area contributed by atoms with E-state index >= 15 is 0 Å². The molecule has 1 aromatic rings. The van der Waals surface area contributed by atoms with E-state index in [4.69, 9.17) is 9.26 Å². The van der Waals surface area contributed by atoms with Crippen molar-refractivity contribution >= 4 is 6.01 Å². The molecule has 0 saturated carbocycles. The van der Waals surface area contributed by atoms with E-state index in [1.54, 1.807) is 6.92 Å². The molecule has 0 aromatic carbocycles. The number of aryl methyl sites for hydroxylation is 1. The van der Waals surface area contributed by atoms with Gasteiger partial charge in [-0.05, 0) is 19.8 Å². The van der Waals surface area contributed by atoms with Crippen LogP contribution in [0.4, 0.5) is 6.01 Å². The summed E-state index contributed by atoms with van der Waals surface area (Å²) in [4.78, 5) is 4.12. The Balaban J connectivity index is 2.08. The predicted octanol–water partition coefficient (Wildman–Crippen LogP) is 1.36. The van der Waals surface area contributed by atoms with Crippen LogP contribution in [0.3, 0.4) is 0 Å². The van der Waals surface area contributed by atoms with Gasteiger partial charge in [0.1, 0.15) is 0 Å². The van der Waals surface area contributed by atoms with Gasteiger partial charge in [-0.1, -0.05) is 12.1 Å². The average Bonchev–Trinajstić information content (AvgIpc) is 2.77. The Bertz CT molecular complexity index is 305. The molecule has 2 rings (SSSR count). The third-order valence-corrected chi connectivity index (χ3v) is 2.68. The number of anilines is 1. The fourth-order valence-electron chi connectivity index (χ4n) is 1.65. The molecule has 0 spiro atoms. The van der Waals surface area contributed by atoms with Crippen molar-refractivity contribution in [2.24, 2.45) is 0 Å². The zero-order valence-electron chi connectivity index (χ0n) is 8.54. The number of ether oxygens (including phenoxy) is 1. The number of hydrogen-bond donors (Lipinski definition) is 1. The lowest BCUT2D eigenvalue weighted by atomic mass is 9.96. The number of nitrogens with zero attached hydrogens (tertiary/aromatic N) is 2. The van der Waals surface area contributed by atoms with Gasteiger partial charge in [0.2, 0.25) is 0 Å². The second kappa shape index (κ2) is 3.57. The lowest BCUT2D eigenvalue weighted by molar-refractivity contribution is 0.180. The number of aromatic nitrogens is 2. The van der Waals surface area contributed by atoms with E-state index in [-0.39, 0.29) is 5.54 Å². The standard InChI is InChI=1S/C9H15N3O2/c1-3-9(4-5-13-6-9)11-8-10-7(2)12-14-8/h3-6H2,1-2H3,(H,10,11,12). The van der Waals surface area contributed by atoms with Gasteiger partial charge >= 0.3 is 6.01 Å². The van der Waals surface area contributed by atoms with Crippen LogP contribution in [0.25, 0.3) is 0 Å². The predicted molar refractivity (Wildman–Crippen MR) is 51.1 cm³/mol. The van der Waals surface area contributed by atoms with E-state index in [2.05, 4.69) is 22.4 Å². The van der Waals surface area contributed by atoms with Crippen LogP contribution in [0.5, 0.6) is 0 Å². The maximum absolute atomic E-state index is 5.38. The zero-order chi connectivity index (χ0) is 10.0. The van der Waals surface area contributed by atoms with Crippen molar-refractivity contribution in [2.45, 2.75) is 32.2 Å². The minimum Gasteiger partial charge on any atom is -0.379 e. The SMILES string of the molecule is CCC1(Nc2nc(C)no2)CCOC1. The number of hydrogen-bond acceptors (Lipinski definition) is 5. The van der Waals surface area contributed by atoms with Crippen molar-refractivity contribution in [2.75, 3.05) is 18.5 Å². The van der Waals surface area contributed by atoms with Crippen molar-refractivity contribution in [3.8, 4) is 0 Å². The molecule has 78 valence electrons. The molecule has 1 aliphatic rings. The van der Waals surface area contributed by atoms with Crippen LogP contribution in [0, 0.1) is 6.92 Å². The molecule has 1 unspecified atom stereocenters. The Hall–Kier alpha value is -1.10. The van der Waals surface area contributed by atoms with Crippen LogP contribution in [0.1, 0.15) is 25.6 Å². The lowest BCUT2D eigenvalue weighted by Crippen LogP contribution is -2.38. The fourth-order valence-corrected chi connectivity index (χ4v) is 1.65. The molecule has 2 heterocycles. The van der Waals surface area contributed by atoms with Crippen LogP contribution < -0.4 is 5.32 Å². The average molecular weight is 197 g/mol. The molecule has 1 fully saturated rings. The highest BCUT2D eigenvalue weighted by Gasteiger charge is 2.34. The molecule has 5 nitrogen and oxygen atoms in total. The third kappa shape index (κ3) is 1.72. The summed E-state index contributed by atoms with van der Waals surface area (Å²) in [6, 6.07) is 0.495. The van der Waals surface area contributed by atoms with Gasteiger partial charge in [0.15, 0.2) is 5.82 Å². The largest absolute Gasteiger partial charge is 0.379 e. The van der Waals surface area contributed by atoms with E-state index in [1.165, 1.54) is 0 Å². The van der Waals surface area contributed by atoms with Gasteiger partial charge in [0.25, 0.3) is 0 Å². The molecular formula is C9H15N3O2. The topological polar surface area (TPSA) is 60.2 Å². The van der Waals surface area contributed by atoms with Gasteiger partial charge in [-0.2, -0.15) is 4.98 Å². The highest BCUT2D eigenvalue weighted by atomic mass is 16.5. The smallest absolute Gasteiger partial charge is 0.321 e. The Labute approximate surface area is 82.8 Å². The highest BCUT2D eigenvalue weighted by molar-refractivity contribution is 5.25. The van der Waals surface area contributed by atoms with E-state index in [0.29, 0.717) is 18.4 Å². The lowest BCUT2D eigenvalue weighted by Gasteiger charge is -2.25. The highest BCUT2D eigenvalue weighted by Crippen LogP contribution is 2.26. The summed E-state index contributed by atoms with van der Waals surface area (Å²) in [5.41, 5.74) is -0.0149. The van der Waals surface area contributed by atoms with Crippen LogP contribution in [0.2, 0.25) is 0 Å². The van der Waals surface area contributed by atoms with Crippen molar-refractivity contribution in [3.05, 3.63) is 5.82 Å². The quantitative estimate of drug-likeness (QED) is 0.792. The number of rotatable bonds is 3. The first-order valence-corrected chi connectivity index (χ1v) is 4.90. The third-order valence-electron chi connectivity index (χ3n) is 2.68. The van der Waals surface area contributed by atoms with Gasteiger partial charge in [-0.15, -0.1) is 0 Å².